The zero-order valence-electron chi connectivity index (χ0n) is 19.2. The Balaban J connectivity index is 1.43. The van der Waals surface area contributed by atoms with Crippen LogP contribution in [0.15, 0.2) is 90.2 Å². The third-order valence-corrected chi connectivity index (χ3v) is 6.26. The maximum Gasteiger partial charge on any atom is 0.243 e. The average Bonchev–Trinajstić information content (AvgIpc) is 3.23. The van der Waals surface area contributed by atoms with Gasteiger partial charge in [-0.2, -0.15) is 5.10 Å². The Labute approximate surface area is 209 Å². The van der Waals surface area contributed by atoms with E-state index in [2.05, 4.69) is 9.97 Å². The van der Waals surface area contributed by atoms with Crippen molar-refractivity contribution in [3.05, 3.63) is 107 Å². The van der Waals surface area contributed by atoms with Gasteiger partial charge in [-0.05, 0) is 41.8 Å². The summed E-state index contributed by atoms with van der Waals surface area (Å²) in [5, 5.41) is 7.85. The Hall–Kier alpha value is -3.61. The summed E-state index contributed by atoms with van der Waals surface area (Å²) in [6.07, 6.45) is 3.42. The number of amides is 1. The van der Waals surface area contributed by atoms with Gasteiger partial charge in [0.25, 0.3) is 0 Å². The number of fused-ring (bicyclic) bond motifs is 1. The predicted octanol–water partition coefficient (Wildman–Crippen LogP) is 5.44. The van der Waals surface area contributed by atoms with Gasteiger partial charge in [-0.15, -0.1) is 0 Å². The second-order valence-electron chi connectivity index (χ2n) is 8.49. The fourth-order valence-corrected chi connectivity index (χ4v) is 4.44. The van der Waals surface area contributed by atoms with E-state index >= 15 is 0 Å². The first-order valence-corrected chi connectivity index (χ1v) is 12.0. The van der Waals surface area contributed by atoms with Crippen LogP contribution in [0, 0.1) is 0 Å². The van der Waals surface area contributed by atoms with Crippen molar-refractivity contribution in [2.75, 3.05) is 6.61 Å². The van der Waals surface area contributed by atoms with E-state index in [-0.39, 0.29) is 11.9 Å². The van der Waals surface area contributed by atoms with Crippen molar-refractivity contribution in [2.45, 2.75) is 31.9 Å². The van der Waals surface area contributed by atoms with Crippen LogP contribution in [0.1, 0.15) is 29.7 Å². The standard InChI is InChI=1S/C28H25ClN4O2/c29-27-12-6-11-25(31-27)26(17-21-15-16-30-24-10-5-4-9-23(21)24)32-33-22(13-14-28(33)34)19-35-18-20-7-2-1-3-8-20/h1-12,15-16,22H,13-14,17-19H2/t22-/m0/s1. The minimum atomic E-state index is -0.130. The van der Waals surface area contributed by atoms with Crippen molar-refractivity contribution in [1.29, 1.82) is 0 Å². The summed E-state index contributed by atoms with van der Waals surface area (Å²) in [5.74, 6) is -0.0163. The van der Waals surface area contributed by atoms with Crippen LogP contribution in [-0.2, 0) is 22.6 Å². The number of aromatic nitrogens is 2. The van der Waals surface area contributed by atoms with E-state index in [1.807, 2.05) is 72.8 Å². The quantitative estimate of drug-likeness (QED) is 0.247. The van der Waals surface area contributed by atoms with E-state index in [0.717, 1.165) is 22.0 Å². The van der Waals surface area contributed by atoms with Crippen LogP contribution in [0.3, 0.4) is 0 Å². The predicted molar refractivity (Wildman–Crippen MR) is 137 cm³/mol. The molecule has 0 N–H and O–H groups in total. The van der Waals surface area contributed by atoms with Gasteiger partial charge in [-0.25, -0.2) is 9.99 Å². The molecular weight excluding hydrogens is 460 g/mol. The zero-order chi connectivity index (χ0) is 24.0. The first-order valence-electron chi connectivity index (χ1n) is 11.6. The molecular formula is C28H25ClN4O2. The number of nitrogens with zero attached hydrogens (tertiary/aromatic N) is 4. The molecule has 35 heavy (non-hydrogen) atoms. The fraction of sp³-hybridized carbons (Fsp3) is 0.214. The smallest absolute Gasteiger partial charge is 0.243 e. The normalized spacial score (nSPS) is 16.3. The molecule has 1 saturated heterocycles. The average molecular weight is 485 g/mol. The van der Waals surface area contributed by atoms with E-state index in [9.17, 15) is 4.79 Å². The van der Waals surface area contributed by atoms with Gasteiger partial charge in [0, 0.05) is 24.4 Å². The van der Waals surface area contributed by atoms with Crippen LogP contribution in [-0.4, -0.2) is 39.2 Å². The van der Waals surface area contributed by atoms with E-state index in [4.69, 9.17) is 21.4 Å². The molecule has 1 atom stereocenters. The second kappa shape index (κ2) is 10.8. The highest BCUT2D eigenvalue weighted by Gasteiger charge is 2.32. The van der Waals surface area contributed by atoms with E-state index < -0.39 is 0 Å². The molecule has 2 aromatic carbocycles. The topological polar surface area (TPSA) is 67.7 Å². The molecule has 0 unspecified atom stereocenters. The van der Waals surface area contributed by atoms with Crippen molar-refractivity contribution < 1.29 is 9.53 Å². The van der Waals surface area contributed by atoms with Gasteiger partial charge in [0.05, 0.1) is 36.2 Å². The van der Waals surface area contributed by atoms with Crippen LogP contribution in [0.5, 0.6) is 0 Å². The lowest BCUT2D eigenvalue weighted by molar-refractivity contribution is -0.129. The maximum atomic E-state index is 12.8. The summed E-state index contributed by atoms with van der Waals surface area (Å²) in [6, 6.07) is 25.3. The van der Waals surface area contributed by atoms with Crippen LogP contribution in [0.4, 0.5) is 0 Å². The second-order valence-corrected chi connectivity index (χ2v) is 8.88. The SMILES string of the molecule is O=C1CC[C@@H](COCc2ccccc2)N1N=C(Cc1ccnc2ccccc12)c1cccc(Cl)n1. The Morgan fingerprint density at radius 3 is 2.71 bits per heavy atom. The van der Waals surface area contributed by atoms with Gasteiger partial charge < -0.3 is 4.74 Å². The van der Waals surface area contributed by atoms with Gasteiger partial charge in [0.15, 0.2) is 0 Å². The number of carbonyl (C=O) groups is 1. The van der Waals surface area contributed by atoms with Gasteiger partial charge in [-0.3, -0.25) is 9.78 Å². The molecule has 0 bridgehead atoms. The van der Waals surface area contributed by atoms with Crippen LogP contribution in [0.2, 0.25) is 5.15 Å². The summed E-state index contributed by atoms with van der Waals surface area (Å²) >= 11 is 6.21. The molecule has 1 fully saturated rings. The first kappa shape index (κ1) is 23.1. The Morgan fingerprint density at radius 2 is 1.86 bits per heavy atom. The molecule has 4 aromatic rings. The molecule has 1 aliphatic heterocycles. The monoisotopic (exact) mass is 484 g/mol. The van der Waals surface area contributed by atoms with Crippen LogP contribution in [0.25, 0.3) is 10.9 Å². The Bertz CT molecular complexity index is 1350. The summed E-state index contributed by atoms with van der Waals surface area (Å²) in [6.45, 7) is 0.910. The molecule has 6 nitrogen and oxygen atoms in total. The lowest BCUT2D eigenvalue weighted by Gasteiger charge is -2.21. The van der Waals surface area contributed by atoms with Gasteiger partial charge >= 0.3 is 0 Å². The lowest BCUT2D eigenvalue weighted by Crippen LogP contribution is -2.33. The largest absolute Gasteiger partial charge is 0.375 e. The van der Waals surface area contributed by atoms with Gasteiger partial charge in [0.2, 0.25) is 5.91 Å². The number of halogens is 1. The molecule has 5 rings (SSSR count). The third kappa shape index (κ3) is 5.56. The number of hydrogen-bond donors (Lipinski definition) is 0. The number of hydrazone groups is 1. The van der Waals surface area contributed by atoms with Gasteiger partial charge in [-0.1, -0.05) is 66.2 Å². The Kier molecular flexibility index (Phi) is 7.12. The Morgan fingerprint density at radius 1 is 1.03 bits per heavy atom. The number of pyridine rings is 2. The van der Waals surface area contributed by atoms with E-state index in [1.54, 1.807) is 17.3 Å². The molecule has 7 heteroatoms. The molecule has 0 spiro atoms. The highest BCUT2D eigenvalue weighted by Crippen LogP contribution is 2.23. The molecule has 0 radical (unpaired) electrons. The number of ether oxygens (including phenoxy) is 1. The molecule has 176 valence electrons. The lowest BCUT2D eigenvalue weighted by atomic mass is 10.0. The van der Waals surface area contributed by atoms with E-state index in [1.165, 1.54) is 0 Å². The van der Waals surface area contributed by atoms with Gasteiger partial charge in [0.1, 0.15) is 5.15 Å². The highest BCUT2D eigenvalue weighted by atomic mass is 35.5. The summed E-state index contributed by atoms with van der Waals surface area (Å²) < 4.78 is 5.96. The van der Waals surface area contributed by atoms with E-state index in [0.29, 0.717) is 49.0 Å². The van der Waals surface area contributed by atoms with Crippen molar-refractivity contribution in [3.63, 3.8) is 0 Å². The molecule has 1 aliphatic rings. The molecule has 0 aliphatic carbocycles. The van der Waals surface area contributed by atoms with Crippen molar-refractivity contribution in [3.8, 4) is 0 Å². The maximum absolute atomic E-state index is 12.8. The number of benzene rings is 2. The molecule has 3 heterocycles. The van der Waals surface area contributed by atoms with Crippen molar-refractivity contribution in [1.82, 2.24) is 15.0 Å². The van der Waals surface area contributed by atoms with Crippen LogP contribution >= 0.6 is 11.6 Å². The summed E-state index contributed by atoms with van der Waals surface area (Å²) in [5.41, 5.74) is 4.38. The zero-order valence-corrected chi connectivity index (χ0v) is 19.9. The minimum absolute atomic E-state index is 0.0163. The number of rotatable bonds is 8. The first-order chi connectivity index (χ1) is 17.2. The minimum Gasteiger partial charge on any atom is -0.375 e. The fourth-order valence-electron chi connectivity index (χ4n) is 4.27. The molecule has 1 amide bonds. The third-order valence-electron chi connectivity index (χ3n) is 6.05. The van der Waals surface area contributed by atoms with Crippen molar-refractivity contribution in [2.24, 2.45) is 5.10 Å². The van der Waals surface area contributed by atoms with Crippen LogP contribution < -0.4 is 0 Å². The molecule has 2 aromatic heterocycles. The molecule has 0 saturated carbocycles. The highest BCUT2D eigenvalue weighted by molar-refractivity contribution is 6.29. The summed E-state index contributed by atoms with van der Waals surface area (Å²) in [4.78, 5) is 21.8. The number of hydrogen-bond acceptors (Lipinski definition) is 5. The summed E-state index contributed by atoms with van der Waals surface area (Å²) in [7, 11) is 0. The van der Waals surface area contributed by atoms with Crippen molar-refractivity contribution >= 4 is 34.1 Å². The number of para-hydroxylation sites is 1. The number of carbonyl (C=O) groups excluding carboxylic acids is 1.